The van der Waals surface area contributed by atoms with E-state index in [0.717, 1.165) is 43.8 Å². The molecule has 5 nitrogen and oxygen atoms in total. The third kappa shape index (κ3) is 6.14. The summed E-state index contributed by atoms with van der Waals surface area (Å²) in [7, 11) is 1.60. The zero-order valence-electron chi connectivity index (χ0n) is 18.3. The second kappa shape index (κ2) is 11.3. The first kappa shape index (κ1) is 24.6. The summed E-state index contributed by atoms with van der Waals surface area (Å²) in [5.74, 6) is 1.48. The molecule has 33 heavy (non-hydrogen) atoms. The molecule has 1 saturated heterocycles. The standard InChI is InChI=1S/C25H25BrINO4S/c1-31-21-12-18(11-20(27)23(21)32-15-17-7-9-19(26)10-8-17)13-22-24(29)28(25(30)33-22)14-16-5-3-2-4-6-16/h7-13,16H,2-6,14-15H2,1H3/b22-13+. The van der Waals surface area contributed by atoms with Crippen LogP contribution in [0.5, 0.6) is 11.5 Å². The van der Waals surface area contributed by atoms with Gasteiger partial charge in [-0.25, -0.2) is 0 Å². The molecular weight excluding hydrogens is 617 g/mol. The Balaban J connectivity index is 1.49. The molecule has 0 unspecified atom stereocenters. The van der Waals surface area contributed by atoms with Crippen molar-refractivity contribution in [2.45, 2.75) is 38.7 Å². The Kier molecular flexibility index (Phi) is 8.40. The van der Waals surface area contributed by atoms with E-state index in [2.05, 4.69) is 38.5 Å². The van der Waals surface area contributed by atoms with Crippen molar-refractivity contribution in [2.24, 2.45) is 5.92 Å². The molecule has 2 aliphatic rings. The molecule has 0 aromatic heterocycles. The SMILES string of the molecule is COc1cc(/C=C2/SC(=O)N(CC3CCCCC3)C2=O)cc(I)c1OCc1ccc(Br)cc1. The van der Waals surface area contributed by atoms with E-state index in [4.69, 9.17) is 9.47 Å². The smallest absolute Gasteiger partial charge is 0.293 e. The average molecular weight is 642 g/mol. The molecule has 1 heterocycles. The minimum Gasteiger partial charge on any atom is -0.493 e. The molecule has 0 N–H and O–H groups in total. The van der Waals surface area contributed by atoms with Gasteiger partial charge >= 0.3 is 0 Å². The predicted octanol–water partition coefficient (Wildman–Crippen LogP) is 7.26. The van der Waals surface area contributed by atoms with Crippen LogP contribution in [-0.2, 0) is 11.4 Å². The maximum absolute atomic E-state index is 12.9. The Morgan fingerprint density at radius 1 is 1.15 bits per heavy atom. The number of carbonyl (C=O) groups is 2. The molecule has 8 heteroatoms. The summed E-state index contributed by atoms with van der Waals surface area (Å²) in [4.78, 5) is 27.3. The molecule has 2 aromatic carbocycles. The number of amides is 2. The summed E-state index contributed by atoms with van der Waals surface area (Å²) >= 11 is 6.66. The highest BCUT2D eigenvalue weighted by atomic mass is 127. The normalized spacial score (nSPS) is 18.3. The summed E-state index contributed by atoms with van der Waals surface area (Å²) in [6, 6.07) is 11.7. The Morgan fingerprint density at radius 3 is 2.58 bits per heavy atom. The fourth-order valence-electron chi connectivity index (χ4n) is 4.14. The number of ether oxygens (including phenoxy) is 2. The number of methoxy groups -OCH3 is 1. The number of hydrogen-bond donors (Lipinski definition) is 0. The molecule has 1 saturated carbocycles. The summed E-state index contributed by atoms with van der Waals surface area (Å²) in [5.41, 5.74) is 1.85. The van der Waals surface area contributed by atoms with Gasteiger partial charge in [0.25, 0.3) is 11.1 Å². The van der Waals surface area contributed by atoms with Gasteiger partial charge in [-0.1, -0.05) is 47.3 Å². The lowest BCUT2D eigenvalue weighted by atomic mass is 9.89. The van der Waals surface area contributed by atoms with E-state index in [1.54, 1.807) is 13.2 Å². The third-order valence-electron chi connectivity index (χ3n) is 5.89. The van der Waals surface area contributed by atoms with Gasteiger partial charge < -0.3 is 9.47 Å². The van der Waals surface area contributed by atoms with Crippen molar-refractivity contribution in [3.8, 4) is 11.5 Å². The molecule has 1 aliphatic carbocycles. The molecular formula is C25H25BrINO4S. The van der Waals surface area contributed by atoms with E-state index < -0.39 is 0 Å². The fourth-order valence-corrected chi connectivity index (χ4v) is 6.03. The van der Waals surface area contributed by atoms with Crippen LogP contribution in [0.1, 0.15) is 43.2 Å². The van der Waals surface area contributed by atoms with E-state index >= 15 is 0 Å². The van der Waals surface area contributed by atoms with Crippen molar-refractivity contribution in [3.05, 3.63) is 60.5 Å². The third-order valence-corrected chi connectivity index (χ3v) is 8.12. The molecule has 4 rings (SSSR count). The molecule has 2 fully saturated rings. The maximum Gasteiger partial charge on any atom is 0.293 e. The van der Waals surface area contributed by atoms with Crippen LogP contribution in [0.4, 0.5) is 4.79 Å². The first-order valence-electron chi connectivity index (χ1n) is 10.9. The van der Waals surface area contributed by atoms with Crippen molar-refractivity contribution in [2.75, 3.05) is 13.7 Å². The van der Waals surface area contributed by atoms with Gasteiger partial charge in [-0.15, -0.1) is 0 Å². The van der Waals surface area contributed by atoms with Gasteiger partial charge in [0.15, 0.2) is 11.5 Å². The Hall–Kier alpha value is -1.52. The van der Waals surface area contributed by atoms with Crippen molar-refractivity contribution >= 4 is 67.5 Å². The van der Waals surface area contributed by atoms with Gasteiger partial charge in [-0.3, -0.25) is 14.5 Å². The van der Waals surface area contributed by atoms with Crippen molar-refractivity contribution in [3.63, 3.8) is 0 Å². The van der Waals surface area contributed by atoms with Crippen LogP contribution in [0.15, 0.2) is 45.8 Å². The van der Waals surface area contributed by atoms with E-state index in [9.17, 15) is 9.59 Å². The molecule has 1 aliphatic heterocycles. The summed E-state index contributed by atoms with van der Waals surface area (Å²) in [6.45, 7) is 0.949. The number of imide groups is 1. The molecule has 0 spiro atoms. The zero-order chi connectivity index (χ0) is 23.4. The molecule has 174 valence electrons. The molecule has 0 atom stereocenters. The minimum atomic E-state index is -0.194. The Labute approximate surface area is 220 Å². The van der Waals surface area contributed by atoms with Crippen molar-refractivity contribution in [1.82, 2.24) is 4.90 Å². The summed E-state index contributed by atoms with van der Waals surface area (Å²) in [5, 5.41) is -0.173. The molecule has 0 radical (unpaired) electrons. The number of carbonyl (C=O) groups excluding carboxylic acids is 2. The first-order chi connectivity index (χ1) is 15.9. The topological polar surface area (TPSA) is 55.8 Å². The van der Waals surface area contributed by atoms with Gasteiger partial charge in [0, 0.05) is 11.0 Å². The highest BCUT2D eigenvalue weighted by molar-refractivity contribution is 14.1. The van der Waals surface area contributed by atoms with Gasteiger partial charge in [0.2, 0.25) is 0 Å². The van der Waals surface area contributed by atoms with E-state index in [1.165, 1.54) is 24.2 Å². The number of benzene rings is 2. The van der Waals surface area contributed by atoms with Crippen molar-refractivity contribution < 1.29 is 19.1 Å². The summed E-state index contributed by atoms with van der Waals surface area (Å²) in [6.07, 6.45) is 7.59. The lowest BCUT2D eigenvalue weighted by Gasteiger charge is -2.25. The quantitative estimate of drug-likeness (QED) is 0.235. The molecule has 2 aromatic rings. The number of halogens is 2. The van der Waals surface area contributed by atoms with Crippen LogP contribution in [0, 0.1) is 9.49 Å². The van der Waals surface area contributed by atoms with Gasteiger partial charge in [0.05, 0.1) is 15.6 Å². The Morgan fingerprint density at radius 2 is 1.88 bits per heavy atom. The second-order valence-corrected chi connectivity index (χ2v) is 11.3. The largest absolute Gasteiger partial charge is 0.493 e. The van der Waals surface area contributed by atoms with Crippen LogP contribution in [-0.4, -0.2) is 29.7 Å². The van der Waals surface area contributed by atoms with Gasteiger partial charge in [0.1, 0.15) is 6.61 Å². The van der Waals surface area contributed by atoms with Crippen LogP contribution < -0.4 is 9.47 Å². The highest BCUT2D eigenvalue weighted by Crippen LogP contribution is 2.38. The number of hydrogen-bond acceptors (Lipinski definition) is 5. The van der Waals surface area contributed by atoms with Crippen molar-refractivity contribution in [1.29, 1.82) is 0 Å². The number of nitrogens with zero attached hydrogens (tertiary/aromatic N) is 1. The lowest BCUT2D eigenvalue weighted by Crippen LogP contribution is -2.34. The molecule has 0 bridgehead atoms. The number of rotatable bonds is 7. The first-order valence-corrected chi connectivity index (χ1v) is 13.6. The monoisotopic (exact) mass is 641 g/mol. The second-order valence-electron chi connectivity index (χ2n) is 8.25. The van der Waals surface area contributed by atoms with E-state index in [1.807, 2.05) is 36.4 Å². The zero-order valence-corrected chi connectivity index (χ0v) is 22.9. The van der Waals surface area contributed by atoms with Crippen LogP contribution >= 0.6 is 50.3 Å². The van der Waals surface area contributed by atoms with Crippen LogP contribution in [0.2, 0.25) is 0 Å². The molecule has 2 amide bonds. The highest BCUT2D eigenvalue weighted by Gasteiger charge is 2.36. The van der Waals surface area contributed by atoms with Gasteiger partial charge in [-0.2, -0.15) is 0 Å². The van der Waals surface area contributed by atoms with Gasteiger partial charge in [-0.05, 0) is 94.6 Å². The minimum absolute atomic E-state index is 0.173. The average Bonchev–Trinajstić information content (AvgIpc) is 3.07. The van der Waals surface area contributed by atoms with E-state index in [-0.39, 0.29) is 11.1 Å². The lowest BCUT2D eigenvalue weighted by molar-refractivity contribution is -0.123. The fraction of sp³-hybridized carbons (Fsp3) is 0.360. The van der Waals surface area contributed by atoms with Crippen LogP contribution in [0.25, 0.3) is 6.08 Å². The maximum atomic E-state index is 12.9. The number of thioether (sulfide) groups is 1. The Bertz CT molecular complexity index is 1070. The summed E-state index contributed by atoms with van der Waals surface area (Å²) < 4.78 is 13.5. The van der Waals surface area contributed by atoms with Crippen LogP contribution in [0.3, 0.4) is 0 Å². The van der Waals surface area contributed by atoms with E-state index in [0.29, 0.717) is 35.5 Å². The predicted molar refractivity (Wildman–Crippen MR) is 143 cm³/mol.